The van der Waals surface area contributed by atoms with Crippen LogP contribution < -0.4 is 5.73 Å². The topological polar surface area (TPSA) is 46.3 Å². The highest BCUT2D eigenvalue weighted by molar-refractivity contribution is 6.34. The Bertz CT molecular complexity index is 477. The van der Waals surface area contributed by atoms with E-state index in [1.807, 2.05) is 20.8 Å². The van der Waals surface area contributed by atoms with Crippen LogP contribution in [0.1, 0.15) is 37.6 Å². The Balaban J connectivity index is 3.02. The molecule has 3 nitrogen and oxygen atoms in total. The van der Waals surface area contributed by atoms with Gasteiger partial charge in [-0.1, -0.05) is 38.4 Å². The third kappa shape index (κ3) is 4.18. The summed E-state index contributed by atoms with van der Waals surface area (Å²) in [7, 11) is 0. The van der Waals surface area contributed by atoms with E-state index in [2.05, 4.69) is 0 Å². The summed E-state index contributed by atoms with van der Waals surface area (Å²) in [6.07, 6.45) is 0.819. The average Bonchev–Trinajstić information content (AvgIpc) is 2.40. The Kier molecular flexibility index (Phi) is 5.96. The Labute approximate surface area is 124 Å². The quantitative estimate of drug-likeness (QED) is 0.876. The summed E-state index contributed by atoms with van der Waals surface area (Å²) in [6, 6.07) is 4.28. The van der Waals surface area contributed by atoms with E-state index in [-0.39, 0.29) is 21.9 Å². The minimum atomic E-state index is -0.577. The largest absolute Gasteiger partial charge is 0.338 e. The van der Waals surface area contributed by atoms with Gasteiger partial charge in [0.2, 0.25) is 0 Å². The van der Waals surface area contributed by atoms with E-state index in [0.717, 1.165) is 6.42 Å². The van der Waals surface area contributed by atoms with Crippen LogP contribution in [-0.4, -0.2) is 30.4 Å². The van der Waals surface area contributed by atoms with Crippen molar-refractivity contribution in [2.75, 3.05) is 19.6 Å². The summed E-state index contributed by atoms with van der Waals surface area (Å²) in [6.45, 7) is 7.56. The molecule has 0 saturated heterocycles. The molecule has 0 aliphatic heterocycles. The summed E-state index contributed by atoms with van der Waals surface area (Å²) in [4.78, 5) is 14.2. The van der Waals surface area contributed by atoms with Gasteiger partial charge in [0.1, 0.15) is 5.82 Å². The molecule has 1 aromatic rings. The Morgan fingerprint density at radius 3 is 2.65 bits per heavy atom. The summed E-state index contributed by atoms with van der Waals surface area (Å²) >= 11 is 5.89. The number of benzene rings is 1. The molecule has 1 rings (SSSR count). The number of carbonyl (C=O) groups excluding carboxylic acids is 1. The smallest absolute Gasteiger partial charge is 0.255 e. The fraction of sp³-hybridized carbons (Fsp3) is 0.533. The van der Waals surface area contributed by atoms with Crippen LogP contribution in [0, 0.1) is 11.2 Å². The van der Waals surface area contributed by atoms with Gasteiger partial charge >= 0.3 is 0 Å². The lowest BCUT2D eigenvalue weighted by molar-refractivity contribution is 0.0689. The van der Waals surface area contributed by atoms with E-state index in [1.165, 1.54) is 12.1 Å². The van der Waals surface area contributed by atoms with Gasteiger partial charge in [-0.25, -0.2) is 4.39 Å². The fourth-order valence-corrected chi connectivity index (χ4v) is 2.15. The highest BCUT2D eigenvalue weighted by atomic mass is 35.5. The Hall–Kier alpha value is -1.13. The van der Waals surface area contributed by atoms with E-state index in [0.29, 0.717) is 19.6 Å². The first-order valence-electron chi connectivity index (χ1n) is 6.75. The van der Waals surface area contributed by atoms with E-state index in [4.69, 9.17) is 17.3 Å². The molecule has 1 amide bonds. The molecule has 0 aromatic heterocycles. The van der Waals surface area contributed by atoms with Crippen molar-refractivity contribution < 1.29 is 9.18 Å². The molecule has 20 heavy (non-hydrogen) atoms. The molecule has 0 radical (unpaired) electrons. The Morgan fingerprint density at radius 1 is 1.45 bits per heavy atom. The van der Waals surface area contributed by atoms with Crippen molar-refractivity contribution in [2.45, 2.75) is 27.2 Å². The highest BCUT2D eigenvalue weighted by Gasteiger charge is 2.25. The Morgan fingerprint density at radius 2 is 2.10 bits per heavy atom. The predicted octanol–water partition coefficient (Wildman–Crippen LogP) is 3.32. The summed E-state index contributed by atoms with van der Waals surface area (Å²) in [5, 5.41) is -0.121. The second-order valence-electron chi connectivity index (χ2n) is 5.70. The van der Waals surface area contributed by atoms with Gasteiger partial charge in [-0.3, -0.25) is 4.79 Å². The zero-order valence-electron chi connectivity index (χ0n) is 12.2. The maximum Gasteiger partial charge on any atom is 0.255 e. The van der Waals surface area contributed by atoms with Gasteiger partial charge in [0.15, 0.2) is 0 Å². The maximum atomic E-state index is 13.5. The van der Waals surface area contributed by atoms with Crippen molar-refractivity contribution in [1.29, 1.82) is 0 Å². The van der Waals surface area contributed by atoms with E-state index < -0.39 is 5.82 Å². The number of rotatable bonds is 6. The van der Waals surface area contributed by atoms with Crippen LogP contribution in [0.3, 0.4) is 0 Å². The van der Waals surface area contributed by atoms with Crippen LogP contribution in [0.15, 0.2) is 18.2 Å². The van der Waals surface area contributed by atoms with Crippen LogP contribution in [0.2, 0.25) is 5.02 Å². The zero-order chi connectivity index (χ0) is 15.3. The van der Waals surface area contributed by atoms with E-state index in [9.17, 15) is 9.18 Å². The fourth-order valence-electron chi connectivity index (χ4n) is 1.94. The van der Waals surface area contributed by atoms with Crippen molar-refractivity contribution >= 4 is 17.5 Å². The molecule has 0 spiro atoms. The summed E-state index contributed by atoms with van der Waals surface area (Å²) in [5.41, 5.74) is 5.73. The van der Waals surface area contributed by atoms with Crippen LogP contribution in [0.4, 0.5) is 4.39 Å². The molecular weight excluding hydrogens is 279 g/mol. The van der Waals surface area contributed by atoms with Crippen molar-refractivity contribution in [1.82, 2.24) is 4.90 Å². The normalized spacial score (nSPS) is 11.5. The standard InChI is InChI=1S/C15H22ClFN2O/c1-4-8-19(10-15(2,3)9-18)14(20)11-6-5-7-12(17)13(11)16/h5-7H,4,8-10,18H2,1-3H3. The lowest BCUT2D eigenvalue weighted by Gasteiger charge is -2.32. The molecule has 0 atom stereocenters. The zero-order valence-corrected chi connectivity index (χ0v) is 13.0. The van der Waals surface area contributed by atoms with Gasteiger partial charge < -0.3 is 10.6 Å². The first kappa shape index (κ1) is 16.9. The molecule has 0 unspecified atom stereocenters. The third-order valence-electron chi connectivity index (χ3n) is 3.13. The minimum absolute atomic E-state index is 0.121. The summed E-state index contributed by atoms with van der Waals surface area (Å²) < 4.78 is 13.5. The van der Waals surface area contributed by atoms with Crippen LogP contribution in [-0.2, 0) is 0 Å². The molecular formula is C15H22ClFN2O. The predicted molar refractivity (Wildman–Crippen MR) is 80.4 cm³/mol. The van der Waals surface area contributed by atoms with E-state index in [1.54, 1.807) is 11.0 Å². The first-order chi connectivity index (χ1) is 9.32. The molecule has 0 saturated carbocycles. The number of nitrogens with zero attached hydrogens (tertiary/aromatic N) is 1. The second kappa shape index (κ2) is 7.04. The van der Waals surface area contributed by atoms with Crippen LogP contribution in [0.25, 0.3) is 0 Å². The van der Waals surface area contributed by atoms with Gasteiger partial charge in [0, 0.05) is 13.1 Å². The average molecular weight is 301 g/mol. The molecule has 0 bridgehead atoms. The van der Waals surface area contributed by atoms with Crippen molar-refractivity contribution in [3.8, 4) is 0 Å². The number of hydrogen-bond acceptors (Lipinski definition) is 2. The van der Waals surface area contributed by atoms with Gasteiger partial charge in [-0.2, -0.15) is 0 Å². The minimum Gasteiger partial charge on any atom is -0.338 e. The number of halogens is 2. The lowest BCUT2D eigenvalue weighted by Crippen LogP contribution is -2.42. The maximum absolute atomic E-state index is 13.5. The molecule has 0 fully saturated rings. The van der Waals surface area contributed by atoms with E-state index >= 15 is 0 Å². The van der Waals surface area contributed by atoms with Crippen molar-refractivity contribution in [3.05, 3.63) is 34.6 Å². The molecule has 5 heteroatoms. The molecule has 1 aromatic carbocycles. The first-order valence-corrected chi connectivity index (χ1v) is 7.13. The van der Waals surface area contributed by atoms with Crippen LogP contribution in [0.5, 0.6) is 0 Å². The van der Waals surface area contributed by atoms with Gasteiger partial charge in [0.05, 0.1) is 10.6 Å². The second-order valence-corrected chi connectivity index (χ2v) is 6.07. The monoisotopic (exact) mass is 300 g/mol. The van der Waals surface area contributed by atoms with Crippen LogP contribution >= 0.6 is 11.6 Å². The molecule has 0 heterocycles. The number of carbonyl (C=O) groups is 1. The van der Waals surface area contributed by atoms with Gasteiger partial charge in [0.25, 0.3) is 5.91 Å². The number of amides is 1. The number of hydrogen-bond donors (Lipinski definition) is 1. The number of nitrogens with two attached hydrogens (primary N) is 1. The van der Waals surface area contributed by atoms with Gasteiger partial charge in [-0.05, 0) is 30.5 Å². The van der Waals surface area contributed by atoms with Gasteiger partial charge in [-0.15, -0.1) is 0 Å². The SMILES string of the molecule is CCCN(CC(C)(C)CN)C(=O)c1cccc(F)c1Cl. The summed E-state index contributed by atoms with van der Waals surface area (Å²) in [5.74, 6) is -0.829. The molecule has 2 N–H and O–H groups in total. The molecule has 0 aliphatic rings. The highest BCUT2D eigenvalue weighted by Crippen LogP contribution is 2.23. The lowest BCUT2D eigenvalue weighted by atomic mass is 9.92. The molecule has 0 aliphatic carbocycles. The van der Waals surface area contributed by atoms with Crippen molar-refractivity contribution in [2.24, 2.45) is 11.1 Å². The third-order valence-corrected chi connectivity index (χ3v) is 3.52. The molecule has 112 valence electrons. The van der Waals surface area contributed by atoms with Crippen molar-refractivity contribution in [3.63, 3.8) is 0 Å².